The van der Waals surface area contributed by atoms with Crippen LogP contribution in [-0.4, -0.2) is 12.8 Å². The van der Waals surface area contributed by atoms with Gasteiger partial charge in [0.2, 0.25) is 6.79 Å². The first-order chi connectivity index (χ1) is 10.1. The molecule has 0 aliphatic carbocycles. The molecule has 0 unspecified atom stereocenters. The van der Waals surface area contributed by atoms with Crippen molar-refractivity contribution < 1.29 is 18.7 Å². The highest BCUT2D eigenvalue weighted by Crippen LogP contribution is 2.34. The van der Waals surface area contributed by atoms with Gasteiger partial charge in [-0.3, -0.25) is 0 Å². The van der Waals surface area contributed by atoms with E-state index in [-0.39, 0.29) is 11.8 Å². The van der Waals surface area contributed by atoms with Crippen LogP contribution in [0.1, 0.15) is 0 Å². The summed E-state index contributed by atoms with van der Waals surface area (Å²) in [6.07, 6.45) is 0. The lowest BCUT2D eigenvalue weighted by Crippen LogP contribution is -2.19. The highest BCUT2D eigenvalue weighted by Gasteiger charge is 2.14. The first kappa shape index (κ1) is 13.5. The first-order valence-corrected chi connectivity index (χ1v) is 6.42. The van der Waals surface area contributed by atoms with Crippen LogP contribution < -0.4 is 20.1 Å². The van der Waals surface area contributed by atoms with Gasteiger partial charge in [-0.25, -0.2) is 9.18 Å². The molecule has 0 fully saturated rings. The van der Waals surface area contributed by atoms with E-state index < -0.39 is 11.8 Å². The van der Waals surface area contributed by atoms with E-state index in [4.69, 9.17) is 21.1 Å². The molecule has 1 heterocycles. The number of halogens is 2. The molecule has 1 aliphatic rings. The molecule has 108 valence electrons. The number of rotatable bonds is 2. The summed E-state index contributed by atoms with van der Waals surface area (Å²) in [5.41, 5.74) is 0.935. The predicted molar refractivity (Wildman–Crippen MR) is 76.6 cm³/mol. The first-order valence-electron chi connectivity index (χ1n) is 6.04. The molecule has 0 spiro atoms. The normalized spacial score (nSPS) is 12.1. The van der Waals surface area contributed by atoms with Gasteiger partial charge >= 0.3 is 6.03 Å². The average molecular weight is 309 g/mol. The minimum absolute atomic E-state index is 0.0594. The second-order valence-corrected chi connectivity index (χ2v) is 4.68. The number of nitrogens with one attached hydrogen (secondary N) is 2. The fourth-order valence-corrected chi connectivity index (χ4v) is 2.02. The van der Waals surface area contributed by atoms with E-state index in [0.29, 0.717) is 22.9 Å². The van der Waals surface area contributed by atoms with Crippen LogP contribution in [0.15, 0.2) is 36.4 Å². The number of hydrogen-bond donors (Lipinski definition) is 2. The van der Waals surface area contributed by atoms with Crippen LogP contribution in [0, 0.1) is 5.82 Å². The minimum atomic E-state index is -0.543. The zero-order valence-corrected chi connectivity index (χ0v) is 11.4. The van der Waals surface area contributed by atoms with E-state index in [1.807, 2.05) is 0 Å². The van der Waals surface area contributed by atoms with Crippen molar-refractivity contribution in [2.24, 2.45) is 0 Å². The molecule has 2 amide bonds. The number of ether oxygens (including phenoxy) is 2. The number of benzene rings is 2. The van der Waals surface area contributed by atoms with Gasteiger partial charge in [-0.1, -0.05) is 11.6 Å². The Kier molecular flexibility index (Phi) is 3.53. The summed E-state index contributed by atoms with van der Waals surface area (Å²) in [6, 6.07) is 8.49. The Morgan fingerprint density at radius 2 is 1.71 bits per heavy atom. The number of carbonyl (C=O) groups excluding carboxylic acids is 1. The molecule has 2 aromatic carbocycles. The maximum Gasteiger partial charge on any atom is 0.323 e. The van der Waals surface area contributed by atoms with Gasteiger partial charge in [0.05, 0.1) is 5.02 Å². The van der Waals surface area contributed by atoms with Crippen LogP contribution in [0.25, 0.3) is 0 Å². The molecule has 21 heavy (non-hydrogen) atoms. The van der Waals surface area contributed by atoms with Crippen molar-refractivity contribution in [3.8, 4) is 11.5 Å². The SMILES string of the molecule is O=C(Nc1ccc(F)c(Cl)c1)Nc1ccc2c(c1)OCO2. The van der Waals surface area contributed by atoms with E-state index in [1.165, 1.54) is 18.2 Å². The third-order valence-corrected chi connectivity index (χ3v) is 3.10. The Hall–Kier alpha value is -2.47. The van der Waals surface area contributed by atoms with Crippen molar-refractivity contribution >= 4 is 29.0 Å². The van der Waals surface area contributed by atoms with Crippen molar-refractivity contribution in [1.82, 2.24) is 0 Å². The molecular formula is C14H10ClFN2O3. The molecule has 3 rings (SSSR count). The summed E-state index contributed by atoms with van der Waals surface area (Å²) in [4.78, 5) is 11.8. The maximum atomic E-state index is 13.0. The van der Waals surface area contributed by atoms with Crippen LogP contribution in [0.2, 0.25) is 5.02 Å². The fraction of sp³-hybridized carbons (Fsp3) is 0.0714. The highest BCUT2D eigenvalue weighted by molar-refractivity contribution is 6.31. The Bertz CT molecular complexity index is 709. The molecule has 2 aromatic rings. The molecule has 5 nitrogen and oxygen atoms in total. The smallest absolute Gasteiger partial charge is 0.323 e. The van der Waals surface area contributed by atoms with Crippen molar-refractivity contribution in [3.05, 3.63) is 47.2 Å². The zero-order valence-electron chi connectivity index (χ0n) is 10.7. The molecule has 0 aromatic heterocycles. The quantitative estimate of drug-likeness (QED) is 0.886. The van der Waals surface area contributed by atoms with Crippen LogP contribution in [-0.2, 0) is 0 Å². The molecule has 0 atom stereocenters. The number of fused-ring (bicyclic) bond motifs is 1. The van der Waals surface area contributed by atoms with Crippen LogP contribution in [0.4, 0.5) is 20.6 Å². The second kappa shape index (κ2) is 5.49. The lowest BCUT2D eigenvalue weighted by molar-refractivity contribution is 0.174. The van der Waals surface area contributed by atoms with Crippen LogP contribution in [0.3, 0.4) is 0 Å². The van der Waals surface area contributed by atoms with E-state index in [2.05, 4.69) is 10.6 Å². The van der Waals surface area contributed by atoms with Crippen molar-refractivity contribution in [2.45, 2.75) is 0 Å². The molecule has 1 aliphatic heterocycles. The van der Waals surface area contributed by atoms with Gasteiger partial charge in [0.1, 0.15) is 5.82 Å². The van der Waals surface area contributed by atoms with E-state index in [1.54, 1.807) is 18.2 Å². The lowest BCUT2D eigenvalue weighted by atomic mass is 10.3. The summed E-state index contributed by atoms with van der Waals surface area (Å²) < 4.78 is 23.4. The minimum Gasteiger partial charge on any atom is -0.454 e. The molecule has 0 saturated carbocycles. The molecule has 2 N–H and O–H groups in total. The predicted octanol–water partition coefficient (Wildman–Crippen LogP) is 3.85. The van der Waals surface area contributed by atoms with E-state index in [9.17, 15) is 9.18 Å². The van der Waals surface area contributed by atoms with E-state index in [0.717, 1.165) is 0 Å². The van der Waals surface area contributed by atoms with Crippen molar-refractivity contribution in [2.75, 3.05) is 17.4 Å². The monoisotopic (exact) mass is 308 g/mol. The van der Waals surface area contributed by atoms with Gasteiger partial charge in [-0.2, -0.15) is 0 Å². The van der Waals surface area contributed by atoms with Crippen molar-refractivity contribution in [1.29, 1.82) is 0 Å². The number of amides is 2. The molecule has 0 saturated heterocycles. The zero-order chi connectivity index (χ0) is 14.8. The second-order valence-electron chi connectivity index (χ2n) is 4.28. The summed E-state index contributed by atoms with van der Waals surface area (Å²) in [5, 5.41) is 5.13. The largest absolute Gasteiger partial charge is 0.454 e. The van der Waals surface area contributed by atoms with Gasteiger partial charge in [0.25, 0.3) is 0 Å². The summed E-state index contributed by atoms with van der Waals surface area (Å²) >= 11 is 5.64. The van der Waals surface area contributed by atoms with Gasteiger partial charge in [-0.15, -0.1) is 0 Å². The Morgan fingerprint density at radius 3 is 2.48 bits per heavy atom. The molecule has 0 bridgehead atoms. The number of carbonyl (C=O) groups is 1. The van der Waals surface area contributed by atoms with Crippen molar-refractivity contribution in [3.63, 3.8) is 0 Å². The topological polar surface area (TPSA) is 59.6 Å². The molecule has 0 radical (unpaired) electrons. The summed E-state index contributed by atoms with van der Waals surface area (Å²) in [7, 11) is 0. The van der Waals surface area contributed by atoms with Gasteiger partial charge in [0, 0.05) is 17.4 Å². The third kappa shape index (κ3) is 3.00. The van der Waals surface area contributed by atoms with Gasteiger partial charge < -0.3 is 20.1 Å². The molecule has 7 heteroatoms. The highest BCUT2D eigenvalue weighted by atomic mass is 35.5. The van der Waals surface area contributed by atoms with E-state index >= 15 is 0 Å². The van der Waals surface area contributed by atoms with Crippen LogP contribution in [0.5, 0.6) is 11.5 Å². The maximum absolute atomic E-state index is 13.0. The number of hydrogen-bond acceptors (Lipinski definition) is 3. The summed E-state index contributed by atoms with van der Waals surface area (Å²) in [5.74, 6) is 0.655. The number of anilines is 2. The van der Waals surface area contributed by atoms with Crippen LogP contribution >= 0.6 is 11.6 Å². The Balaban J connectivity index is 1.67. The summed E-state index contributed by atoms with van der Waals surface area (Å²) in [6.45, 7) is 0.166. The lowest BCUT2D eigenvalue weighted by Gasteiger charge is -2.08. The Labute approximate surface area is 124 Å². The fourth-order valence-electron chi connectivity index (χ4n) is 1.84. The average Bonchev–Trinajstić information content (AvgIpc) is 2.90. The standard InChI is InChI=1S/C14H10ClFN2O3/c15-10-5-8(1-3-11(10)16)17-14(19)18-9-2-4-12-13(6-9)21-7-20-12/h1-6H,7H2,(H2,17,18,19). The van der Waals surface area contributed by atoms with Gasteiger partial charge in [-0.05, 0) is 30.3 Å². The third-order valence-electron chi connectivity index (χ3n) is 2.81. The number of urea groups is 1. The molecular weight excluding hydrogens is 299 g/mol. The van der Waals surface area contributed by atoms with Gasteiger partial charge in [0.15, 0.2) is 11.5 Å². The Morgan fingerprint density at radius 1 is 1.05 bits per heavy atom.